The summed E-state index contributed by atoms with van der Waals surface area (Å²) in [5, 5.41) is 2.09. The molecule has 31 heavy (non-hydrogen) atoms. The lowest BCUT2D eigenvalue weighted by molar-refractivity contribution is 0.0959. The van der Waals surface area contributed by atoms with Crippen LogP contribution in [-0.2, 0) is 0 Å². The number of likely N-dealkylation sites (N-methyl/N-ethyl adjacent to an activating group) is 1. The van der Waals surface area contributed by atoms with Crippen LogP contribution in [0.2, 0.25) is 5.02 Å². The molecule has 4 aromatic rings. The van der Waals surface area contributed by atoms with E-state index in [2.05, 4.69) is 18.7 Å². The normalized spacial score (nSPS) is 11.5. The number of nitrogens with zero attached hydrogens (tertiary/aromatic N) is 3. The number of para-hydroxylation sites is 1. The van der Waals surface area contributed by atoms with Gasteiger partial charge >= 0.3 is 0 Å². The summed E-state index contributed by atoms with van der Waals surface area (Å²) in [5.41, 5.74) is 1.38. The number of methoxy groups -OCH3 is 1. The summed E-state index contributed by atoms with van der Waals surface area (Å²) in [6.45, 7) is 7.29. The zero-order valence-corrected chi connectivity index (χ0v) is 19.3. The van der Waals surface area contributed by atoms with Crippen LogP contribution in [0.25, 0.3) is 21.2 Å². The van der Waals surface area contributed by atoms with Crippen molar-refractivity contribution < 1.29 is 13.9 Å². The molecule has 162 valence electrons. The van der Waals surface area contributed by atoms with Gasteiger partial charge in [0.15, 0.2) is 22.2 Å². The maximum absolute atomic E-state index is 13.6. The fourth-order valence-electron chi connectivity index (χ4n) is 3.50. The first kappa shape index (κ1) is 21.6. The summed E-state index contributed by atoms with van der Waals surface area (Å²) in [6, 6.07) is 12.9. The SMILES string of the molecule is CCN(CC)CCN(C(=O)c1cc2cccc(OC)c2o1)c1nc2ccc(Cl)cc2s1. The molecule has 2 aromatic carbocycles. The highest BCUT2D eigenvalue weighted by molar-refractivity contribution is 7.22. The van der Waals surface area contributed by atoms with Gasteiger partial charge in [0.25, 0.3) is 5.91 Å². The second-order valence-electron chi connectivity index (χ2n) is 7.08. The number of thiazole rings is 1. The Kier molecular flexibility index (Phi) is 6.46. The second-order valence-corrected chi connectivity index (χ2v) is 8.53. The minimum atomic E-state index is -0.226. The molecule has 8 heteroatoms. The van der Waals surface area contributed by atoms with Crippen molar-refractivity contribution in [3.8, 4) is 5.75 Å². The molecule has 0 aliphatic heterocycles. The highest BCUT2D eigenvalue weighted by atomic mass is 35.5. The highest BCUT2D eigenvalue weighted by Gasteiger charge is 2.25. The molecular formula is C23H24ClN3O3S. The van der Waals surface area contributed by atoms with Crippen LogP contribution in [0, 0.1) is 0 Å². The van der Waals surface area contributed by atoms with Crippen molar-refractivity contribution >= 4 is 55.2 Å². The molecule has 0 fully saturated rings. The van der Waals surface area contributed by atoms with Gasteiger partial charge in [0.1, 0.15) is 0 Å². The molecule has 0 bridgehead atoms. The number of hydrogen-bond donors (Lipinski definition) is 0. The summed E-state index contributed by atoms with van der Waals surface area (Å²) in [6.07, 6.45) is 0. The van der Waals surface area contributed by atoms with Crippen LogP contribution in [0.5, 0.6) is 5.75 Å². The molecule has 2 aromatic heterocycles. The average molecular weight is 458 g/mol. The van der Waals surface area contributed by atoms with Gasteiger partial charge in [-0.05, 0) is 43.4 Å². The van der Waals surface area contributed by atoms with E-state index in [0.717, 1.165) is 35.2 Å². The third-order valence-corrected chi connectivity index (χ3v) is 6.56. The summed E-state index contributed by atoms with van der Waals surface area (Å²) < 4.78 is 12.2. The zero-order chi connectivity index (χ0) is 22.0. The number of fused-ring (bicyclic) bond motifs is 2. The summed E-state index contributed by atoms with van der Waals surface area (Å²) in [4.78, 5) is 22.2. The van der Waals surface area contributed by atoms with Crippen LogP contribution in [0.3, 0.4) is 0 Å². The lowest BCUT2D eigenvalue weighted by Gasteiger charge is -2.24. The van der Waals surface area contributed by atoms with Crippen LogP contribution < -0.4 is 9.64 Å². The minimum Gasteiger partial charge on any atom is -0.493 e. The number of rotatable bonds is 8. The molecule has 0 N–H and O–H groups in total. The molecule has 4 rings (SSSR count). The van der Waals surface area contributed by atoms with Crippen molar-refractivity contribution in [2.24, 2.45) is 0 Å². The Balaban J connectivity index is 1.73. The van der Waals surface area contributed by atoms with Gasteiger partial charge in [-0.2, -0.15) is 0 Å². The molecule has 1 amide bonds. The van der Waals surface area contributed by atoms with Gasteiger partial charge in [0.2, 0.25) is 0 Å². The van der Waals surface area contributed by atoms with E-state index in [9.17, 15) is 4.79 Å². The predicted molar refractivity (Wildman–Crippen MR) is 127 cm³/mol. The molecule has 0 saturated carbocycles. The first-order chi connectivity index (χ1) is 15.0. The lowest BCUT2D eigenvalue weighted by Crippen LogP contribution is -2.38. The van der Waals surface area contributed by atoms with Gasteiger partial charge in [-0.25, -0.2) is 4.98 Å². The van der Waals surface area contributed by atoms with Crippen molar-refractivity contribution in [3.05, 3.63) is 53.2 Å². The van der Waals surface area contributed by atoms with Crippen molar-refractivity contribution in [2.45, 2.75) is 13.8 Å². The Labute approximate surface area is 190 Å². The van der Waals surface area contributed by atoms with E-state index in [-0.39, 0.29) is 11.7 Å². The molecule has 0 aliphatic carbocycles. The van der Waals surface area contributed by atoms with Gasteiger partial charge in [0.05, 0.1) is 17.3 Å². The molecule has 0 aliphatic rings. The van der Waals surface area contributed by atoms with Gasteiger partial charge in [-0.15, -0.1) is 0 Å². The smallest absolute Gasteiger partial charge is 0.295 e. The number of carbonyl (C=O) groups is 1. The first-order valence-electron chi connectivity index (χ1n) is 10.2. The quantitative estimate of drug-likeness (QED) is 0.340. The topological polar surface area (TPSA) is 58.8 Å². The van der Waals surface area contributed by atoms with Gasteiger partial charge in [-0.3, -0.25) is 9.69 Å². The number of ether oxygens (including phenoxy) is 1. The fraction of sp³-hybridized carbons (Fsp3) is 0.304. The molecule has 0 spiro atoms. The number of benzene rings is 2. The van der Waals surface area contributed by atoms with Crippen molar-refractivity contribution in [1.29, 1.82) is 0 Å². The van der Waals surface area contributed by atoms with E-state index >= 15 is 0 Å². The van der Waals surface area contributed by atoms with Gasteiger partial charge < -0.3 is 14.1 Å². The number of hydrogen-bond acceptors (Lipinski definition) is 6. The maximum atomic E-state index is 13.6. The summed E-state index contributed by atoms with van der Waals surface area (Å²) >= 11 is 7.59. The second kappa shape index (κ2) is 9.26. The van der Waals surface area contributed by atoms with E-state index in [1.165, 1.54) is 11.3 Å². The van der Waals surface area contributed by atoms with Crippen LogP contribution in [0.1, 0.15) is 24.4 Å². The Hall–Kier alpha value is -2.61. The van der Waals surface area contributed by atoms with E-state index in [4.69, 9.17) is 25.7 Å². The first-order valence-corrected chi connectivity index (χ1v) is 11.4. The molecule has 0 radical (unpaired) electrons. The Morgan fingerprint density at radius 1 is 1.16 bits per heavy atom. The number of amides is 1. The van der Waals surface area contributed by atoms with Crippen molar-refractivity contribution in [3.63, 3.8) is 0 Å². The Bertz CT molecular complexity index is 1220. The van der Waals surface area contributed by atoms with E-state index < -0.39 is 0 Å². The maximum Gasteiger partial charge on any atom is 0.295 e. The number of carbonyl (C=O) groups excluding carboxylic acids is 1. The van der Waals surface area contributed by atoms with Crippen LogP contribution in [0.4, 0.5) is 5.13 Å². The van der Waals surface area contributed by atoms with Crippen molar-refractivity contribution in [1.82, 2.24) is 9.88 Å². The molecule has 6 nitrogen and oxygen atoms in total. The number of anilines is 1. The third kappa shape index (κ3) is 4.39. The van der Waals surface area contributed by atoms with E-state index in [1.54, 1.807) is 24.1 Å². The van der Waals surface area contributed by atoms with Gasteiger partial charge in [0, 0.05) is 23.5 Å². The summed E-state index contributed by atoms with van der Waals surface area (Å²) in [5.74, 6) is 0.632. The van der Waals surface area contributed by atoms with Crippen molar-refractivity contribution in [2.75, 3.05) is 38.2 Å². The summed E-state index contributed by atoms with van der Waals surface area (Å²) in [7, 11) is 1.58. The molecular weight excluding hydrogens is 434 g/mol. The number of aromatic nitrogens is 1. The third-order valence-electron chi connectivity index (χ3n) is 5.29. The minimum absolute atomic E-state index is 0.226. The standard InChI is InChI=1S/C23H24ClN3O3S/c1-4-26(5-2)11-12-27(23-25-17-10-9-16(24)14-20(17)31-23)22(28)19-13-15-7-6-8-18(29-3)21(15)30-19/h6-10,13-14H,4-5,11-12H2,1-3H3. The molecule has 0 saturated heterocycles. The largest absolute Gasteiger partial charge is 0.493 e. The molecule has 2 heterocycles. The van der Waals surface area contributed by atoms with Gasteiger partial charge in [-0.1, -0.05) is 48.9 Å². The predicted octanol–water partition coefficient (Wildman–Crippen LogP) is 5.69. The van der Waals surface area contributed by atoms with Crippen LogP contribution in [-0.4, -0.2) is 49.1 Å². The lowest BCUT2D eigenvalue weighted by atomic mass is 10.2. The van der Waals surface area contributed by atoms with E-state index in [0.29, 0.717) is 28.0 Å². The Morgan fingerprint density at radius 3 is 2.71 bits per heavy atom. The Morgan fingerprint density at radius 2 is 1.97 bits per heavy atom. The molecule has 0 atom stereocenters. The average Bonchev–Trinajstić information content (AvgIpc) is 3.40. The number of halogens is 1. The monoisotopic (exact) mass is 457 g/mol. The fourth-order valence-corrected chi connectivity index (χ4v) is 4.77. The van der Waals surface area contributed by atoms with Crippen LogP contribution >= 0.6 is 22.9 Å². The van der Waals surface area contributed by atoms with E-state index in [1.807, 2.05) is 30.3 Å². The highest BCUT2D eigenvalue weighted by Crippen LogP contribution is 2.33. The molecule has 0 unspecified atom stereocenters. The zero-order valence-electron chi connectivity index (χ0n) is 17.7. The number of furan rings is 1. The van der Waals surface area contributed by atoms with Crippen LogP contribution in [0.15, 0.2) is 46.9 Å².